The molecule has 0 aliphatic heterocycles. The molecule has 2 aromatic carbocycles. The van der Waals surface area contributed by atoms with E-state index >= 15 is 0 Å². The van der Waals surface area contributed by atoms with Crippen molar-refractivity contribution >= 4 is 23.0 Å². The zero-order valence-corrected chi connectivity index (χ0v) is 29.1. The number of esters is 1. The van der Waals surface area contributed by atoms with Crippen LogP contribution in [0.4, 0.5) is 4.79 Å². The van der Waals surface area contributed by atoms with Gasteiger partial charge in [0.05, 0.1) is 33.6 Å². The van der Waals surface area contributed by atoms with Gasteiger partial charge in [0, 0.05) is 65.9 Å². The molecule has 11 nitrogen and oxygen atoms in total. The highest BCUT2D eigenvalue weighted by Gasteiger charge is 2.30. The van der Waals surface area contributed by atoms with Gasteiger partial charge in [0.25, 0.3) is 5.56 Å². The number of pyridine rings is 1. The number of ether oxygens (including phenoxy) is 4. The smallest absolute Gasteiger partial charge is 0.410 e. The Kier molecular flexibility index (Phi) is 9.79. The molecule has 0 saturated carbocycles. The van der Waals surface area contributed by atoms with Gasteiger partial charge < -0.3 is 38.1 Å². The third-order valence-electron chi connectivity index (χ3n) is 8.92. The Bertz CT molecular complexity index is 1930. The number of methoxy groups -OCH3 is 3. The molecule has 1 aliphatic rings. The second kappa shape index (κ2) is 13.7. The lowest BCUT2D eigenvalue weighted by atomic mass is 9.97. The first-order chi connectivity index (χ1) is 22.8. The summed E-state index contributed by atoms with van der Waals surface area (Å²) >= 11 is 0. The number of nitrogens with zero attached hydrogens (tertiary/aromatic N) is 3. The van der Waals surface area contributed by atoms with Crippen LogP contribution < -0.4 is 15.0 Å². The van der Waals surface area contributed by atoms with Gasteiger partial charge in [0.15, 0.2) is 5.56 Å². The quantitative estimate of drug-likeness (QED) is 0.222. The van der Waals surface area contributed by atoms with Crippen molar-refractivity contribution in [3.8, 4) is 28.5 Å². The van der Waals surface area contributed by atoms with Gasteiger partial charge in [0.2, 0.25) is 0 Å². The van der Waals surface area contributed by atoms with Crippen molar-refractivity contribution in [3.63, 3.8) is 0 Å². The number of hydrogen-bond acceptors (Lipinski definition) is 8. The van der Waals surface area contributed by atoms with Crippen LogP contribution in [0.5, 0.6) is 17.2 Å². The maximum atomic E-state index is 14.1. The summed E-state index contributed by atoms with van der Waals surface area (Å²) in [6, 6.07) is 11.6. The monoisotopic (exact) mass is 659 g/mol. The van der Waals surface area contributed by atoms with Crippen molar-refractivity contribution < 1.29 is 33.6 Å². The van der Waals surface area contributed by atoms with E-state index in [4.69, 9.17) is 18.9 Å². The van der Waals surface area contributed by atoms with Gasteiger partial charge >= 0.3 is 12.1 Å². The van der Waals surface area contributed by atoms with Gasteiger partial charge in [-0.05, 0) is 82.9 Å². The Labute approximate surface area is 280 Å². The molecule has 11 heteroatoms. The number of aryl methyl sites for hydroxylation is 2. The highest BCUT2D eigenvalue weighted by molar-refractivity contribution is 5.95. The first-order valence-corrected chi connectivity index (χ1v) is 16.2. The van der Waals surface area contributed by atoms with Gasteiger partial charge in [-0.3, -0.25) is 4.79 Å². The van der Waals surface area contributed by atoms with Crippen molar-refractivity contribution in [1.29, 1.82) is 0 Å². The van der Waals surface area contributed by atoms with E-state index in [1.165, 1.54) is 7.11 Å². The largest absolute Gasteiger partial charge is 0.506 e. The average Bonchev–Trinajstić information content (AvgIpc) is 3.22. The van der Waals surface area contributed by atoms with Crippen LogP contribution in [0.3, 0.4) is 0 Å². The molecule has 256 valence electrons. The van der Waals surface area contributed by atoms with E-state index in [1.54, 1.807) is 35.8 Å². The predicted octanol–water partition coefficient (Wildman–Crippen LogP) is 5.85. The summed E-state index contributed by atoms with van der Waals surface area (Å²) in [5.41, 5.74) is 4.06. The summed E-state index contributed by atoms with van der Waals surface area (Å²) in [7, 11) is 6.31. The Morgan fingerprint density at radius 1 is 1.02 bits per heavy atom. The molecule has 2 heterocycles. The molecular weight excluding hydrogens is 614 g/mol. The van der Waals surface area contributed by atoms with E-state index in [0.717, 1.165) is 27.7 Å². The van der Waals surface area contributed by atoms with Crippen LogP contribution in [0.25, 0.3) is 22.2 Å². The molecule has 1 aliphatic carbocycles. The maximum Gasteiger partial charge on any atom is 0.410 e. The van der Waals surface area contributed by atoms with Crippen LogP contribution in [0.2, 0.25) is 0 Å². The fraction of sp³-hybridized carbons (Fsp3) is 0.432. The lowest BCUT2D eigenvalue weighted by molar-refractivity contribution is 0.0261. The highest BCUT2D eigenvalue weighted by atomic mass is 16.6. The summed E-state index contributed by atoms with van der Waals surface area (Å²) in [6.45, 7) is 8.59. The second-order valence-electron chi connectivity index (χ2n) is 13.0. The molecule has 0 atom stereocenters. The molecule has 4 aromatic rings. The SMILES string of the molecule is CCN(CCc1cc2cc3c(cc2n1C)CCCc1c(O)c(C(=O)OC)c(=O)n(Cc2ccc(OC)cc2OC)c1-3)C(=O)OC(C)(C)C. The number of benzene rings is 2. The Morgan fingerprint density at radius 2 is 1.77 bits per heavy atom. The molecule has 0 spiro atoms. The van der Waals surface area contributed by atoms with Crippen LogP contribution in [0.15, 0.2) is 41.2 Å². The zero-order valence-electron chi connectivity index (χ0n) is 29.1. The molecule has 5 rings (SSSR count). The minimum Gasteiger partial charge on any atom is -0.506 e. The number of carbonyl (C=O) groups excluding carboxylic acids is 2. The van der Waals surface area contributed by atoms with Crippen LogP contribution >= 0.6 is 0 Å². The number of aromatic nitrogens is 2. The average molecular weight is 660 g/mol. The minimum absolute atomic E-state index is 0.0770. The number of likely N-dealkylation sites (N-methyl/N-ethyl adjacent to an activating group) is 1. The summed E-state index contributed by atoms with van der Waals surface area (Å²) in [5, 5.41) is 12.4. The fourth-order valence-electron chi connectivity index (χ4n) is 6.46. The van der Waals surface area contributed by atoms with E-state index in [-0.39, 0.29) is 24.0 Å². The predicted molar refractivity (Wildman–Crippen MR) is 183 cm³/mol. The molecule has 0 radical (unpaired) electrons. The summed E-state index contributed by atoms with van der Waals surface area (Å²) in [6.07, 6.45) is 2.13. The van der Waals surface area contributed by atoms with Crippen LogP contribution in [-0.2, 0) is 42.3 Å². The lowest BCUT2D eigenvalue weighted by Crippen LogP contribution is -2.38. The van der Waals surface area contributed by atoms with Gasteiger partial charge in [-0.2, -0.15) is 0 Å². The van der Waals surface area contributed by atoms with Crippen molar-refractivity contribution in [3.05, 3.63) is 74.7 Å². The molecule has 48 heavy (non-hydrogen) atoms. The van der Waals surface area contributed by atoms with E-state index in [9.17, 15) is 19.5 Å². The Hall–Kier alpha value is -4.93. The number of amides is 1. The fourth-order valence-corrected chi connectivity index (χ4v) is 6.46. The lowest BCUT2D eigenvalue weighted by Gasteiger charge is -2.26. The van der Waals surface area contributed by atoms with Crippen LogP contribution in [-0.4, -0.2) is 71.2 Å². The van der Waals surface area contributed by atoms with Crippen LogP contribution in [0, 0.1) is 0 Å². The molecule has 0 unspecified atom stereocenters. The third-order valence-corrected chi connectivity index (χ3v) is 8.92. The first kappa shape index (κ1) is 34.4. The molecule has 1 amide bonds. The summed E-state index contributed by atoms with van der Waals surface area (Å²) in [5.74, 6) is -0.116. The van der Waals surface area contributed by atoms with Gasteiger partial charge in [-0.15, -0.1) is 0 Å². The molecular formula is C37H45N3O8. The number of aromatic hydroxyl groups is 1. The molecule has 2 aromatic heterocycles. The van der Waals surface area contributed by atoms with E-state index < -0.39 is 17.1 Å². The Balaban J connectivity index is 1.65. The highest BCUT2D eigenvalue weighted by Crippen LogP contribution is 2.40. The molecule has 0 fully saturated rings. The third kappa shape index (κ3) is 6.58. The molecule has 0 saturated heterocycles. The number of carbonyl (C=O) groups is 2. The summed E-state index contributed by atoms with van der Waals surface area (Å²) < 4.78 is 25.2. The summed E-state index contributed by atoms with van der Waals surface area (Å²) in [4.78, 5) is 41.5. The second-order valence-corrected chi connectivity index (χ2v) is 13.0. The normalized spacial score (nSPS) is 12.6. The van der Waals surface area contributed by atoms with E-state index in [0.29, 0.717) is 67.1 Å². The van der Waals surface area contributed by atoms with Gasteiger partial charge in [-0.25, -0.2) is 9.59 Å². The number of rotatable bonds is 9. The van der Waals surface area contributed by atoms with Crippen molar-refractivity contribution in [1.82, 2.24) is 14.0 Å². The topological polar surface area (TPSA) is 121 Å². The Morgan fingerprint density at radius 3 is 2.42 bits per heavy atom. The number of fused-ring (bicyclic) bond motifs is 4. The van der Waals surface area contributed by atoms with Crippen molar-refractivity contribution in [2.24, 2.45) is 7.05 Å². The van der Waals surface area contributed by atoms with Crippen LogP contribution in [0.1, 0.15) is 66.9 Å². The molecule has 1 N–H and O–H groups in total. The maximum absolute atomic E-state index is 14.1. The minimum atomic E-state index is -0.893. The first-order valence-electron chi connectivity index (χ1n) is 16.2. The van der Waals surface area contributed by atoms with E-state index in [2.05, 4.69) is 22.8 Å². The van der Waals surface area contributed by atoms with Crippen molar-refractivity contribution in [2.45, 2.75) is 65.5 Å². The molecule has 0 bridgehead atoms. The van der Waals surface area contributed by atoms with Gasteiger partial charge in [0.1, 0.15) is 22.8 Å². The zero-order chi connectivity index (χ0) is 34.9. The standard InChI is InChI=1S/C37H45N3O8/c1-9-39(36(44)48-37(2,3)4)16-15-25-17-24-18-28-22(19-29(24)38(25)5)11-10-12-27-32(28)40(34(42)31(33(27)41)35(43)47-8)21-23-13-14-26(45-6)20-30(23)46-7/h13-14,17-20,41H,9-12,15-16,21H2,1-8H3. The van der Waals surface area contributed by atoms with E-state index in [1.807, 2.05) is 40.8 Å². The van der Waals surface area contributed by atoms with Crippen molar-refractivity contribution in [2.75, 3.05) is 34.4 Å². The number of hydrogen-bond donors (Lipinski definition) is 1. The van der Waals surface area contributed by atoms with Gasteiger partial charge in [-0.1, -0.05) is 0 Å².